The molecule has 5 heteroatoms. The highest BCUT2D eigenvalue weighted by molar-refractivity contribution is 6.08. The summed E-state index contributed by atoms with van der Waals surface area (Å²) < 4.78 is 6.90. The third kappa shape index (κ3) is 5.67. The van der Waals surface area contributed by atoms with Crippen molar-refractivity contribution < 1.29 is 9.52 Å². The van der Waals surface area contributed by atoms with E-state index >= 15 is 0 Å². The van der Waals surface area contributed by atoms with E-state index in [9.17, 15) is 5.11 Å². The van der Waals surface area contributed by atoms with E-state index in [0.29, 0.717) is 17.5 Å². The molecule has 9 aromatic carbocycles. The van der Waals surface area contributed by atoms with Gasteiger partial charge >= 0.3 is 0 Å². The topological polar surface area (TPSA) is 72.0 Å². The van der Waals surface area contributed by atoms with E-state index in [4.69, 9.17) is 19.4 Å². The van der Waals surface area contributed by atoms with Crippen molar-refractivity contribution in [2.45, 2.75) is 5.41 Å². The van der Waals surface area contributed by atoms with Crippen LogP contribution in [0.3, 0.4) is 0 Å². The molecular weight excluding hydrogens is 771 g/mol. The molecule has 0 spiro atoms. The van der Waals surface area contributed by atoms with Crippen LogP contribution < -0.4 is 0 Å². The first-order valence-electron chi connectivity index (χ1n) is 21.2. The number of benzene rings is 9. The number of fused-ring (bicyclic) bond motifs is 6. The van der Waals surface area contributed by atoms with Gasteiger partial charge in [0.2, 0.25) is 0 Å². The predicted molar refractivity (Wildman–Crippen MR) is 253 cm³/mol. The van der Waals surface area contributed by atoms with E-state index in [0.717, 1.165) is 94.3 Å². The summed E-state index contributed by atoms with van der Waals surface area (Å²) in [7, 11) is 0. The highest BCUT2D eigenvalue weighted by Crippen LogP contribution is 2.61. The molecule has 0 saturated carbocycles. The smallest absolute Gasteiger partial charge is 0.164 e. The molecule has 0 amide bonds. The Morgan fingerprint density at radius 1 is 0.333 bits per heavy atom. The fourth-order valence-electron chi connectivity index (χ4n) is 9.86. The lowest BCUT2D eigenvalue weighted by atomic mass is 9.66. The lowest BCUT2D eigenvalue weighted by Gasteiger charge is -2.34. The van der Waals surface area contributed by atoms with Gasteiger partial charge in [0.05, 0.1) is 5.41 Å². The molecule has 1 unspecified atom stereocenters. The van der Waals surface area contributed by atoms with Gasteiger partial charge in [-0.05, 0) is 45.0 Å². The maximum Gasteiger partial charge on any atom is 0.164 e. The second-order valence-corrected chi connectivity index (χ2v) is 16.0. The highest BCUT2D eigenvalue weighted by Gasteiger charge is 2.50. The van der Waals surface area contributed by atoms with E-state index < -0.39 is 5.41 Å². The first kappa shape index (κ1) is 36.4. The Morgan fingerprint density at radius 2 is 0.810 bits per heavy atom. The van der Waals surface area contributed by atoms with E-state index in [1.165, 1.54) is 0 Å². The van der Waals surface area contributed by atoms with Crippen molar-refractivity contribution in [3.05, 3.63) is 241 Å². The molecule has 1 N–H and O–H groups in total. The van der Waals surface area contributed by atoms with Crippen LogP contribution in [0.1, 0.15) is 22.3 Å². The molecule has 2 heterocycles. The standard InChI is InChI=1S/C58H37N3O2/c62-53-41(38-21-6-2-7-22-38)29-16-34-49(53)58(50-35-17-30-43-42-26-13-15-36-51(42)63-54(43)50)47-32-14-12-28-45(47)52-46(31-18-33-48(52)58)57-60-55(39-23-8-3-9-24-39)59-56(61-57)44-27-11-10-25-40(44)37-19-4-1-5-20-37/h1-36,62H. The molecule has 0 bridgehead atoms. The van der Waals surface area contributed by atoms with Crippen molar-refractivity contribution in [1.29, 1.82) is 0 Å². The van der Waals surface area contributed by atoms with Crippen LogP contribution in [-0.2, 0) is 5.41 Å². The number of aromatic nitrogens is 3. The third-order valence-corrected chi connectivity index (χ3v) is 12.6. The molecule has 11 aromatic rings. The van der Waals surface area contributed by atoms with Crippen molar-refractivity contribution >= 4 is 21.9 Å². The van der Waals surface area contributed by atoms with Crippen molar-refractivity contribution in [2.24, 2.45) is 0 Å². The zero-order valence-corrected chi connectivity index (χ0v) is 34.0. The summed E-state index contributed by atoms with van der Waals surface area (Å²) >= 11 is 0. The number of rotatable bonds is 7. The van der Waals surface area contributed by atoms with Gasteiger partial charge in [0, 0.05) is 44.2 Å². The second-order valence-electron chi connectivity index (χ2n) is 16.0. The molecule has 0 saturated heterocycles. The van der Waals surface area contributed by atoms with Crippen molar-refractivity contribution in [3.63, 3.8) is 0 Å². The van der Waals surface area contributed by atoms with Gasteiger partial charge in [-0.25, -0.2) is 15.0 Å². The predicted octanol–water partition coefficient (Wildman–Crippen LogP) is 14.2. The molecule has 12 rings (SSSR count). The first-order valence-corrected chi connectivity index (χ1v) is 21.2. The largest absolute Gasteiger partial charge is 0.507 e. The summed E-state index contributed by atoms with van der Waals surface area (Å²) in [6, 6.07) is 74.5. The van der Waals surface area contributed by atoms with Gasteiger partial charge in [0.25, 0.3) is 0 Å². The minimum absolute atomic E-state index is 0.205. The van der Waals surface area contributed by atoms with E-state index in [1.54, 1.807) is 0 Å². The van der Waals surface area contributed by atoms with E-state index in [-0.39, 0.29) is 5.75 Å². The van der Waals surface area contributed by atoms with Gasteiger partial charge in [-0.3, -0.25) is 0 Å². The van der Waals surface area contributed by atoms with Crippen LogP contribution in [0, 0.1) is 0 Å². The molecule has 0 radical (unpaired) electrons. The first-order chi connectivity index (χ1) is 31.2. The fourth-order valence-corrected chi connectivity index (χ4v) is 9.86. The number of nitrogens with zero attached hydrogens (tertiary/aromatic N) is 3. The molecule has 0 fully saturated rings. The summed E-state index contributed by atoms with van der Waals surface area (Å²) in [5.74, 6) is 1.91. The molecular formula is C58H37N3O2. The molecule has 1 aliphatic rings. The lowest BCUT2D eigenvalue weighted by molar-refractivity contribution is 0.463. The number of hydrogen-bond donors (Lipinski definition) is 1. The second kappa shape index (κ2) is 14.6. The van der Waals surface area contributed by atoms with Crippen molar-refractivity contribution in [1.82, 2.24) is 15.0 Å². The Hall–Kier alpha value is -8.41. The fraction of sp³-hybridized carbons (Fsp3) is 0.0172. The average Bonchev–Trinajstić information content (AvgIpc) is 3.89. The molecule has 1 aliphatic carbocycles. The molecule has 63 heavy (non-hydrogen) atoms. The minimum Gasteiger partial charge on any atom is -0.507 e. The van der Waals surface area contributed by atoms with E-state index in [1.807, 2.05) is 97.1 Å². The molecule has 1 atom stereocenters. The van der Waals surface area contributed by atoms with Crippen molar-refractivity contribution in [2.75, 3.05) is 0 Å². The van der Waals surface area contributed by atoms with Gasteiger partial charge in [-0.2, -0.15) is 0 Å². The molecule has 5 nitrogen and oxygen atoms in total. The van der Waals surface area contributed by atoms with Crippen LogP contribution in [0.15, 0.2) is 223 Å². The van der Waals surface area contributed by atoms with Crippen LogP contribution in [0.4, 0.5) is 0 Å². The Bertz CT molecular complexity index is 3530. The zero-order chi connectivity index (χ0) is 41.9. The van der Waals surface area contributed by atoms with Crippen LogP contribution in [-0.4, -0.2) is 20.1 Å². The Labute approximate surface area is 364 Å². The van der Waals surface area contributed by atoms with Crippen LogP contribution in [0.25, 0.3) is 89.5 Å². The highest BCUT2D eigenvalue weighted by atomic mass is 16.3. The SMILES string of the molecule is Oc1c(-c2ccccc2)cccc1C1(c2cccc3c2oc2ccccc23)c2ccccc2-c2c(-c3nc(-c4ccccc4)nc(-c4ccccc4-c4ccccc4)n3)cccc21. The molecule has 2 aromatic heterocycles. The average molecular weight is 808 g/mol. The summed E-state index contributed by atoms with van der Waals surface area (Å²) in [5, 5.41) is 14.9. The number of aromatic hydroxyl groups is 1. The Morgan fingerprint density at radius 3 is 1.56 bits per heavy atom. The molecule has 296 valence electrons. The number of phenolic OH excluding ortho intramolecular Hbond substituents is 1. The van der Waals surface area contributed by atoms with E-state index in [2.05, 4.69) is 121 Å². The van der Waals surface area contributed by atoms with Crippen LogP contribution >= 0.6 is 0 Å². The van der Waals surface area contributed by atoms with Gasteiger partial charge < -0.3 is 9.52 Å². The number of phenols is 1. The van der Waals surface area contributed by atoms with Crippen LogP contribution in [0.5, 0.6) is 5.75 Å². The Balaban J connectivity index is 1.19. The van der Waals surface area contributed by atoms with Gasteiger partial charge in [0.15, 0.2) is 17.5 Å². The third-order valence-electron chi connectivity index (χ3n) is 12.6. The summed E-state index contributed by atoms with van der Waals surface area (Å²) in [6.07, 6.45) is 0. The quantitative estimate of drug-likeness (QED) is 0.174. The molecule has 0 aliphatic heterocycles. The van der Waals surface area contributed by atoms with Crippen molar-refractivity contribution in [3.8, 4) is 73.3 Å². The lowest BCUT2D eigenvalue weighted by Crippen LogP contribution is -2.29. The maximum absolute atomic E-state index is 12.9. The summed E-state index contributed by atoms with van der Waals surface area (Å²) in [4.78, 5) is 15.9. The summed E-state index contributed by atoms with van der Waals surface area (Å²) in [6.45, 7) is 0. The van der Waals surface area contributed by atoms with Crippen LogP contribution in [0.2, 0.25) is 0 Å². The Kier molecular flexibility index (Phi) is 8.47. The number of para-hydroxylation sites is 3. The summed E-state index contributed by atoms with van der Waals surface area (Å²) in [5.41, 5.74) is 12.7. The van der Waals surface area contributed by atoms with Gasteiger partial charge in [0.1, 0.15) is 16.9 Å². The normalized spacial score (nSPS) is 14.2. The minimum atomic E-state index is -1.04. The monoisotopic (exact) mass is 807 g/mol. The number of hydrogen-bond acceptors (Lipinski definition) is 5. The van der Waals surface area contributed by atoms with Gasteiger partial charge in [-0.15, -0.1) is 0 Å². The van der Waals surface area contributed by atoms with Gasteiger partial charge in [-0.1, -0.05) is 212 Å². The number of furan rings is 1. The zero-order valence-electron chi connectivity index (χ0n) is 34.0. The maximum atomic E-state index is 12.9.